The zero-order chi connectivity index (χ0) is 21.9. The number of aromatic nitrogens is 3. The number of carbonyl (C=O) groups is 1. The number of amides is 1. The Balaban J connectivity index is 1.21. The Bertz CT molecular complexity index is 1210. The molecule has 1 saturated heterocycles. The van der Waals surface area contributed by atoms with Crippen molar-refractivity contribution in [3.05, 3.63) is 83.4 Å². The number of hydrogen-bond donors (Lipinski definition) is 1. The summed E-state index contributed by atoms with van der Waals surface area (Å²) in [6, 6.07) is 19.6. The molecule has 0 aliphatic carbocycles. The second-order valence-electron chi connectivity index (χ2n) is 7.88. The zero-order valence-corrected chi connectivity index (χ0v) is 18.3. The third-order valence-corrected chi connectivity index (χ3v) is 5.94. The fraction of sp³-hybridized carbons (Fsp3) is 0.240. The van der Waals surface area contributed by atoms with Crippen molar-refractivity contribution in [2.75, 3.05) is 19.7 Å². The van der Waals surface area contributed by atoms with Gasteiger partial charge in [-0.3, -0.25) is 9.78 Å². The molecule has 0 saturated carbocycles. The molecule has 0 spiro atoms. The maximum absolute atomic E-state index is 12.8. The molecule has 0 radical (unpaired) electrons. The number of nitrogens with zero attached hydrogens (tertiary/aromatic N) is 3. The molecule has 1 atom stereocenters. The van der Waals surface area contributed by atoms with Crippen molar-refractivity contribution in [3.63, 3.8) is 0 Å². The molecule has 3 heterocycles. The van der Waals surface area contributed by atoms with Gasteiger partial charge in [-0.15, -0.1) is 0 Å². The molecule has 1 N–H and O–H groups in total. The summed E-state index contributed by atoms with van der Waals surface area (Å²) in [7, 11) is 0. The van der Waals surface area contributed by atoms with Crippen molar-refractivity contribution >= 4 is 28.5 Å². The van der Waals surface area contributed by atoms with Crippen LogP contribution in [0.25, 0.3) is 22.2 Å². The van der Waals surface area contributed by atoms with Crippen LogP contribution in [0.2, 0.25) is 5.02 Å². The highest BCUT2D eigenvalue weighted by Crippen LogP contribution is 2.26. The molecule has 2 aromatic carbocycles. The molecule has 7 heteroatoms. The molecular formula is C25H23ClN4O2. The lowest BCUT2D eigenvalue weighted by molar-refractivity contribution is -0.139. The lowest BCUT2D eigenvalue weighted by Crippen LogP contribution is -2.42. The average Bonchev–Trinajstić information content (AvgIpc) is 3.26. The molecule has 4 aromatic rings. The lowest BCUT2D eigenvalue weighted by atomic mass is 10.1. The van der Waals surface area contributed by atoms with Crippen LogP contribution >= 0.6 is 11.6 Å². The number of carbonyl (C=O) groups excluding carboxylic acids is 1. The zero-order valence-electron chi connectivity index (χ0n) is 17.5. The summed E-state index contributed by atoms with van der Waals surface area (Å²) in [5, 5.41) is 0.694. The van der Waals surface area contributed by atoms with Gasteiger partial charge in [0.25, 0.3) is 0 Å². The number of aromatic amines is 1. The summed E-state index contributed by atoms with van der Waals surface area (Å²) < 4.78 is 5.92. The Morgan fingerprint density at radius 1 is 1.12 bits per heavy atom. The standard InChI is InChI=1S/C25H23ClN4O2/c26-19-5-3-4-17(14-19)18-8-9-22(27-15-18)23-16-30(12-13-32-23)25(31)11-10-24-28-20-6-1-2-7-21(20)29-24/h1-9,14-15,23H,10-13,16H2,(H,28,29)/t23-/m1/s1. The van der Waals surface area contributed by atoms with Crippen LogP contribution in [-0.4, -0.2) is 45.5 Å². The van der Waals surface area contributed by atoms with Crippen LogP contribution in [0.15, 0.2) is 66.9 Å². The first-order valence-electron chi connectivity index (χ1n) is 10.7. The van der Waals surface area contributed by atoms with E-state index in [0.29, 0.717) is 37.6 Å². The first-order chi connectivity index (χ1) is 15.7. The summed E-state index contributed by atoms with van der Waals surface area (Å²) in [6.45, 7) is 1.59. The highest BCUT2D eigenvalue weighted by atomic mass is 35.5. The predicted octanol–water partition coefficient (Wildman–Crippen LogP) is 4.81. The summed E-state index contributed by atoms with van der Waals surface area (Å²) in [6.07, 6.45) is 2.59. The van der Waals surface area contributed by atoms with E-state index in [4.69, 9.17) is 16.3 Å². The Kier molecular flexibility index (Phi) is 5.88. The Labute approximate surface area is 191 Å². The van der Waals surface area contributed by atoms with E-state index in [2.05, 4.69) is 15.0 Å². The largest absolute Gasteiger partial charge is 0.368 e. The van der Waals surface area contributed by atoms with Crippen LogP contribution in [0.1, 0.15) is 24.0 Å². The minimum Gasteiger partial charge on any atom is -0.368 e. The van der Waals surface area contributed by atoms with E-state index >= 15 is 0 Å². The molecule has 1 aliphatic rings. The van der Waals surface area contributed by atoms with Crippen molar-refractivity contribution in [2.45, 2.75) is 18.9 Å². The van der Waals surface area contributed by atoms with Gasteiger partial charge in [0.1, 0.15) is 11.9 Å². The number of pyridine rings is 1. The van der Waals surface area contributed by atoms with Crippen LogP contribution < -0.4 is 0 Å². The van der Waals surface area contributed by atoms with Crippen molar-refractivity contribution in [3.8, 4) is 11.1 Å². The van der Waals surface area contributed by atoms with Crippen LogP contribution in [0.5, 0.6) is 0 Å². The highest BCUT2D eigenvalue weighted by molar-refractivity contribution is 6.30. The Hall–Kier alpha value is -3.22. The number of aryl methyl sites for hydroxylation is 1. The molecule has 0 bridgehead atoms. The van der Waals surface area contributed by atoms with Gasteiger partial charge in [0.15, 0.2) is 0 Å². The number of halogens is 1. The molecule has 5 rings (SSSR count). The van der Waals surface area contributed by atoms with Gasteiger partial charge >= 0.3 is 0 Å². The molecule has 32 heavy (non-hydrogen) atoms. The Morgan fingerprint density at radius 3 is 2.84 bits per heavy atom. The molecule has 2 aromatic heterocycles. The minimum absolute atomic E-state index is 0.106. The third kappa shape index (κ3) is 4.52. The first-order valence-corrected chi connectivity index (χ1v) is 11.1. The van der Waals surface area contributed by atoms with Crippen LogP contribution in [0, 0.1) is 0 Å². The van der Waals surface area contributed by atoms with Crippen molar-refractivity contribution in [2.24, 2.45) is 0 Å². The molecule has 1 fully saturated rings. The van der Waals surface area contributed by atoms with Gasteiger partial charge in [0, 0.05) is 36.2 Å². The summed E-state index contributed by atoms with van der Waals surface area (Å²) >= 11 is 6.10. The van der Waals surface area contributed by atoms with Crippen LogP contribution in [0.4, 0.5) is 0 Å². The van der Waals surface area contributed by atoms with Crippen LogP contribution in [-0.2, 0) is 16.0 Å². The molecular weight excluding hydrogens is 424 g/mol. The van der Waals surface area contributed by atoms with Gasteiger partial charge in [0.2, 0.25) is 5.91 Å². The van der Waals surface area contributed by atoms with E-state index in [0.717, 1.165) is 33.7 Å². The fourth-order valence-electron chi connectivity index (χ4n) is 4.00. The van der Waals surface area contributed by atoms with Gasteiger partial charge in [0.05, 0.1) is 29.9 Å². The lowest BCUT2D eigenvalue weighted by Gasteiger charge is -2.32. The fourth-order valence-corrected chi connectivity index (χ4v) is 4.19. The second-order valence-corrected chi connectivity index (χ2v) is 8.32. The molecule has 1 aliphatic heterocycles. The highest BCUT2D eigenvalue weighted by Gasteiger charge is 2.26. The van der Waals surface area contributed by atoms with E-state index in [-0.39, 0.29) is 12.0 Å². The summed E-state index contributed by atoms with van der Waals surface area (Å²) in [5.41, 5.74) is 4.75. The quantitative estimate of drug-likeness (QED) is 0.477. The minimum atomic E-state index is -0.229. The van der Waals surface area contributed by atoms with Crippen molar-refractivity contribution in [1.29, 1.82) is 0 Å². The number of benzene rings is 2. The van der Waals surface area contributed by atoms with Crippen LogP contribution in [0.3, 0.4) is 0 Å². The number of imidazole rings is 1. The van der Waals surface area contributed by atoms with E-state index in [9.17, 15) is 4.79 Å². The topological polar surface area (TPSA) is 71.1 Å². The Morgan fingerprint density at radius 2 is 2.03 bits per heavy atom. The predicted molar refractivity (Wildman–Crippen MR) is 124 cm³/mol. The van der Waals surface area contributed by atoms with E-state index in [1.165, 1.54) is 0 Å². The summed E-state index contributed by atoms with van der Waals surface area (Å²) in [4.78, 5) is 27.1. The second kappa shape index (κ2) is 9.10. The molecule has 162 valence electrons. The SMILES string of the molecule is O=C(CCc1nc2ccccc2[nH]1)N1CCO[C@@H](c2ccc(-c3cccc(Cl)c3)cn2)C1. The van der Waals surface area contributed by atoms with Gasteiger partial charge in [-0.25, -0.2) is 4.98 Å². The van der Waals surface area contributed by atoms with Gasteiger partial charge in [-0.2, -0.15) is 0 Å². The number of fused-ring (bicyclic) bond motifs is 1. The van der Waals surface area contributed by atoms with E-state index < -0.39 is 0 Å². The number of hydrogen-bond acceptors (Lipinski definition) is 4. The number of ether oxygens (including phenoxy) is 1. The van der Waals surface area contributed by atoms with Crippen molar-refractivity contribution in [1.82, 2.24) is 19.9 Å². The average molecular weight is 447 g/mol. The monoisotopic (exact) mass is 446 g/mol. The third-order valence-electron chi connectivity index (χ3n) is 5.71. The maximum Gasteiger partial charge on any atom is 0.223 e. The van der Waals surface area contributed by atoms with Gasteiger partial charge in [-0.1, -0.05) is 41.9 Å². The summed E-state index contributed by atoms with van der Waals surface area (Å²) in [5.74, 6) is 0.942. The maximum atomic E-state index is 12.8. The van der Waals surface area contributed by atoms with E-state index in [1.807, 2.05) is 71.8 Å². The number of H-pyrrole nitrogens is 1. The molecule has 0 unspecified atom stereocenters. The number of morpholine rings is 1. The van der Waals surface area contributed by atoms with E-state index in [1.54, 1.807) is 0 Å². The number of rotatable bonds is 5. The molecule has 6 nitrogen and oxygen atoms in total. The van der Waals surface area contributed by atoms with Gasteiger partial charge in [-0.05, 0) is 35.9 Å². The van der Waals surface area contributed by atoms with Crippen molar-refractivity contribution < 1.29 is 9.53 Å². The first kappa shape index (κ1) is 20.7. The van der Waals surface area contributed by atoms with Gasteiger partial charge < -0.3 is 14.6 Å². The smallest absolute Gasteiger partial charge is 0.223 e. The number of nitrogens with one attached hydrogen (secondary N) is 1. The molecule has 1 amide bonds. The number of para-hydroxylation sites is 2. The normalized spacial score (nSPS) is 16.4.